The molecule has 1 aromatic carbocycles. The summed E-state index contributed by atoms with van der Waals surface area (Å²) in [6, 6.07) is 4.72. The van der Waals surface area contributed by atoms with Gasteiger partial charge in [0, 0.05) is 0 Å². The zero-order valence-corrected chi connectivity index (χ0v) is 10.3. The molecule has 0 radical (unpaired) electrons. The molecule has 0 fully saturated rings. The summed E-state index contributed by atoms with van der Waals surface area (Å²) in [4.78, 5) is 0. The third-order valence-corrected chi connectivity index (χ3v) is 2.56. The molecule has 0 saturated carbocycles. The van der Waals surface area contributed by atoms with Crippen molar-refractivity contribution in [3.63, 3.8) is 0 Å². The number of benzene rings is 1. The smallest absolute Gasteiger partial charge is 0.401 e. The maximum atomic E-state index is 12.5. The van der Waals surface area contributed by atoms with Crippen molar-refractivity contribution in [3.05, 3.63) is 28.8 Å². The Hall–Kier alpha value is -1.43. The van der Waals surface area contributed by atoms with Crippen LogP contribution in [-0.2, 0) is 0 Å². The minimum atomic E-state index is -4.61. The van der Waals surface area contributed by atoms with E-state index in [2.05, 4.69) is 0 Å². The lowest BCUT2D eigenvalue weighted by Crippen LogP contribution is -2.39. The van der Waals surface area contributed by atoms with Gasteiger partial charge >= 0.3 is 6.18 Å². The quantitative estimate of drug-likeness (QED) is 0.657. The van der Waals surface area contributed by atoms with E-state index in [0.717, 1.165) is 5.56 Å². The fourth-order valence-electron chi connectivity index (χ4n) is 1.26. The highest BCUT2D eigenvalue weighted by Gasteiger charge is 2.42. The lowest BCUT2D eigenvalue weighted by molar-refractivity contribution is -0.162. The van der Waals surface area contributed by atoms with Crippen molar-refractivity contribution < 1.29 is 17.9 Å². The fourth-order valence-corrected chi connectivity index (χ4v) is 1.55. The van der Waals surface area contributed by atoms with Crippen LogP contribution in [0.4, 0.5) is 13.2 Å². The summed E-state index contributed by atoms with van der Waals surface area (Å²) >= 11 is 5.82. The fraction of sp³-hybridized carbons (Fsp3) is 0.364. The van der Waals surface area contributed by atoms with Crippen LogP contribution >= 0.6 is 11.6 Å². The molecule has 18 heavy (non-hydrogen) atoms. The predicted octanol–water partition coefficient (Wildman–Crippen LogP) is 3.14. The molecule has 0 heterocycles. The van der Waals surface area contributed by atoms with Gasteiger partial charge in [0.15, 0.2) is 0 Å². The second kappa shape index (κ2) is 5.48. The van der Waals surface area contributed by atoms with E-state index in [4.69, 9.17) is 27.5 Å². The van der Waals surface area contributed by atoms with E-state index in [1.54, 1.807) is 19.1 Å². The Kier molecular flexibility index (Phi) is 4.45. The van der Waals surface area contributed by atoms with Crippen molar-refractivity contribution in [1.29, 1.82) is 5.41 Å². The Bertz CT molecular complexity index is 448. The van der Waals surface area contributed by atoms with Crippen LogP contribution in [0.5, 0.6) is 5.75 Å². The number of nitrogens with two attached hydrogens (primary N) is 1. The Balaban J connectivity index is 2.77. The van der Waals surface area contributed by atoms with Gasteiger partial charge in [0.25, 0.3) is 0 Å². The van der Waals surface area contributed by atoms with Crippen molar-refractivity contribution in [2.24, 2.45) is 11.7 Å². The number of halogens is 4. The first-order chi connectivity index (χ1) is 8.21. The van der Waals surface area contributed by atoms with Gasteiger partial charge in [-0.25, -0.2) is 0 Å². The zero-order valence-electron chi connectivity index (χ0n) is 9.51. The van der Waals surface area contributed by atoms with Crippen molar-refractivity contribution in [2.75, 3.05) is 6.61 Å². The highest BCUT2D eigenvalue weighted by molar-refractivity contribution is 6.32. The number of ether oxygens (including phenoxy) is 1. The molecule has 100 valence electrons. The van der Waals surface area contributed by atoms with Crippen molar-refractivity contribution >= 4 is 17.4 Å². The number of hydrogen-bond donors (Lipinski definition) is 2. The van der Waals surface area contributed by atoms with Crippen molar-refractivity contribution in [2.45, 2.75) is 13.1 Å². The van der Waals surface area contributed by atoms with Gasteiger partial charge < -0.3 is 10.5 Å². The summed E-state index contributed by atoms with van der Waals surface area (Å²) in [7, 11) is 0. The van der Waals surface area contributed by atoms with Crippen LogP contribution in [0.1, 0.15) is 5.56 Å². The number of rotatable bonds is 4. The standard InChI is InChI=1S/C11H12ClF3N2O/c1-6-2-3-9(8(12)4-6)18-5-7(10(16)17)11(13,14)15/h2-4,7H,5H2,1H3,(H3,16,17). The predicted molar refractivity (Wildman–Crippen MR) is 63.1 cm³/mol. The van der Waals surface area contributed by atoms with Crippen LogP contribution in [0.15, 0.2) is 18.2 Å². The van der Waals surface area contributed by atoms with E-state index < -0.39 is 24.5 Å². The largest absolute Gasteiger partial charge is 0.491 e. The van der Waals surface area contributed by atoms with Crippen LogP contribution in [-0.4, -0.2) is 18.6 Å². The van der Waals surface area contributed by atoms with E-state index in [1.807, 2.05) is 0 Å². The Morgan fingerprint density at radius 1 is 1.50 bits per heavy atom. The van der Waals surface area contributed by atoms with E-state index in [-0.39, 0.29) is 10.8 Å². The van der Waals surface area contributed by atoms with E-state index >= 15 is 0 Å². The lowest BCUT2D eigenvalue weighted by atomic mass is 10.1. The number of nitrogens with one attached hydrogen (secondary N) is 1. The first-order valence-corrected chi connectivity index (χ1v) is 5.39. The van der Waals surface area contributed by atoms with Crippen LogP contribution in [0.2, 0.25) is 5.02 Å². The van der Waals surface area contributed by atoms with Crippen LogP contribution in [0.25, 0.3) is 0 Å². The molecule has 0 aromatic heterocycles. The first kappa shape index (κ1) is 14.6. The number of amidine groups is 1. The molecule has 0 aliphatic heterocycles. The number of hydrogen-bond acceptors (Lipinski definition) is 2. The van der Waals surface area contributed by atoms with E-state index in [1.165, 1.54) is 6.07 Å². The van der Waals surface area contributed by atoms with Crippen LogP contribution in [0.3, 0.4) is 0 Å². The van der Waals surface area contributed by atoms with Gasteiger partial charge in [-0.1, -0.05) is 17.7 Å². The molecule has 0 amide bonds. The second-order valence-electron chi connectivity index (χ2n) is 3.79. The normalized spacial score (nSPS) is 13.2. The van der Waals surface area contributed by atoms with E-state index in [9.17, 15) is 13.2 Å². The Morgan fingerprint density at radius 2 is 2.11 bits per heavy atom. The average Bonchev–Trinajstić information content (AvgIpc) is 2.18. The second-order valence-corrected chi connectivity index (χ2v) is 4.20. The van der Waals surface area contributed by atoms with Crippen LogP contribution in [0, 0.1) is 18.3 Å². The highest BCUT2D eigenvalue weighted by Crippen LogP contribution is 2.29. The number of aryl methyl sites for hydroxylation is 1. The van der Waals surface area contributed by atoms with Gasteiger partial charge in [0.05, 0.1) is 5.02 Å². The SMILES string of the molecule is Cc1ccc(OCC(C(=N)N)C(F)(F)F)c(Cl)c1. The molecule has 1 atom stereocenters. The van der Waals surface area contributed by atoms with Gasteiger partial charge in [-0.3, -0.25) is 5.41 Å². The Morgan fingerprint density at radius 3 is 2.56 bits per heavy atom. The van der Waals surface area contributed by atoms with Gasteiger partial charge in [0.2, 0.25) is 0 Å². The first-order valence-electron chi connectivity index (χ1n) is 5.01. The summed E-state index contributed by atoms with van der Waals surface area (Å²) in [6.07, 6.45) is -4.61. The summed E-state index contributed by atoms with van der Waals surface area (Å²) in [5, 5.41) is 7.13. The van der Waals surface area contributed by atoms with Gasteiger partial charge in [-0.05, 0) is 24.6 Å². The van der Waals surface area contributed by atoms with Gasteiger partial charge in [0.1, 0.15) is 24.1 Å². The highest BCUT2D eigenvalue weighted by atomic mass is 35.5. The molecule has 1 unspecified atom stereocenters. The molecule has 1 rings (SSSR count). The van der Waals surface area contributed by atoms with Gasteiger partial charge in [-0.2, -0.15) is 13.2 Å². The third-order valence-electron chi connectivity index (χ3n) is 2.26. The van der Waals surface area contributed by atoms with Gasteiger partial charge in [-0.15, -0.1) is 0 Å². The molecule has 0 aliphatic carbocycles. The molecular weight excluding hydrogens is 269 g/mol. The molecule has 1 aromatic rings. The summed E-state index contributed by atoms with van der Waals surface area (Å²) < 4.78 is 42.5. The number of alkyl halides is 3. The summed E-state index contributed by atoms with van der Waals surface area (Å²) in [6.45, 7) is 1.03. The molecule has 0 bridgehead atoms. The van der Waals surface area contributed by atoms with Crippen LogP contribution < -0.4 is 10.5 Å². The minimum absolute atomic E-state index is 0.137. The summed E-state index contributed by atoms with van der Waals surface area (Å²) in [5.41, 5.74) is 5.77. The molecule has 7 heteroatoms. The molecule has 3 N–H and O–H groups in total. The average molecular weight is 281 g/mol. The van der Waals surface area contributed by atoms with Crippen molar-refractivity contribution in [3.8, 4) is 5.75 Å². The third kappa shape index (κ3) is 3.80. The zero-order chi connectivity index (χ0) is 13.9. The molecule has 0 aliphatic rings. The van der Waals surface area contributed by atoms with E-state index in [0.29, 0.717) is 0 Å². The lowest BCUT2D eigenvalue weighted by Gasteiger charge is -2.19. The molecule has 0 saturated heterocycles. The monoisotopic (exact) mass is 280 g/mol. The molecule has 3 nitrogen and oxygen atoms in total. The Labute approximate surface area is 107 Å². The topological polar surface area (TPSA) is 59.1 Å². The maximum Gasteiger partial charge on any atom is 0.401 e. The van der Waals surface area contributed by atoms with Crippen molar-refractivity contribution in [1.82, 2.24) is 0 Å². The maximum absolute atomic E-state index is 12.5. The molecular formula is C11H12ClF3N2O. The molecule has 0 spiro atoms. The minimum Gasteiger partial charge on any atom is -0.491 e. The summed E-state index contributed by atoms with van der Waals surface area (Å²) in [5.74, 6) is -2.97.